The second kappa shape index (κ2) is 9.83. The van der Waals surface area contributed by atoms with E-state index in [1.807, 2.05) is 0 Å². The van der Waals surface area contributed by atoms with Crippen LogP contribution >= 0.6 is 11.3 Å². The lowest BCUT2D eigenvalue weighted by molar-refractivity contribution is -0.138. The van der Waals surface area contributed by atoms with Crippen molar-refractivity contribution in [3.8, 4) is 10.7 Å². The molecule has 2 aliphatic rings. The molecule has 1 saturated carbocycles. The van der Waals surface area contributed by atoms with Crippen LogP contribution in [0, 0.1) is 12.4 Å². The van der Waals surface area contributed by atoms with Crippen LogP contribution < -0.4 is 9.62 Å². The van der Waals surface area contributed by atoms with Gasteiger partial charge in [0.25, 0.3) is 5.66 Å². The number of anilines is 1. The van der Waals surface area contributed by atoms with Crippen molar-refractivity contribution < 1.29 is 34.4 Å². The summed E-state index contributed by atoms with van der Waals surface area (Å²) in [6, 6.07) is 0.965. The van der Waals surface area contributed by atoms with Gasteiger partial charge in [0.15, 0.2) is 10.8 Å². The molecule has 1 aromatic carbocycles. The van der Waals surface area contributed by atoms with Crippen molar-refractivity contribution in [3.05, 3.63) is 28.3 Å². The van der Waals surface area contributed by atoms with Gasteiger partial charge in [-0.3, -0.25) is 9.53 Å². The highest BCUT2D eigenvalue weighted by molar-refractivity contribution is 7.90. The Bertz CT molecular complexity index is 1780. The first-order valence-electron chi connectivity index (χ1n) is 12.3. The van der Waals surface area contributed by atoms with Gasteiger partial charge in [-0.25, -0.2) is 27.8 Å². The van der Waals surface area contributed by atoms with Crippen LogP contribution in [0.15, 0.2) is 11.0 Å². The molecule has 0 atom stereocenters. The van der Waals surface area contributed by atoms with Gasteiger partial charge in [-0.2, -0.15) is 22.6 Å². The number of rotatable bonds is 7. The highest BCUT2D eigenvalue weighted by atomic mass is 32.2. The van der Waals surface area contributed by atoms with E-state index < -0.39 is 52.9 Å². The molecule has 2 fully saturated rings. The number of hydrogen-bond donors (Lipinski definition) is 1. The van der Waals surface area contributed by atoms with Crippen molar-refractivity contribution in [1.29, 1.82) is 0 Å². The molecule has 0 amide bonds. The summed E-state index contributed by atoms with van der Waals surface area (Å²) >= 11 is 0.201. The molecule has 5 rings (SSSR count). The van der Waals surface area contributed by atoms with Gasteiger partial charge in [0.05, 0.1) is 23.6 Å². The predicted molar refractivity (Wildman–Crippen MR) is 141 cm³/mol. The summed E-state index contributed by atoms with van der Waals surface area (Å²) in [5, 5.41) is 8.85. The smallest absolute Gasteiger partial charge is 0.365 e. The van der Waals surface area contributed by atoms with Crippen LogP contribution in [-0.4, -0.2) is 78.2 Å². The van der Waals surface area contributed by atoms with Crippen LogP contribution in [0.5, 0.6) is 0 Å². The summed E-state index contributed by atoms with van der Waals surface area (Å²) in [6.45, 7) is 10.4. The average molecular weight is 637 g/mol. The summed E-state index contributed by atoms with van der Waals surface area (Å²) in [5.41, 5.74) is -1.67. The van der Waals surface area contributed by atoms with Crippen LogP contribution in [0.1, 0.15) is 31.7 Å². The number of fused-ring (bicyclic) bond motifs is 1. The van der Waals surface area contributed by atoms with Crippen molar-refractivity contribution in [2.75, 3.05) is 31.1 Å². The van der Waals surface area contributed by atoms with Crippen molar-refractivity contribution in [3.63, 3.8) is 0 Å². The van der Waals surface area contributed by atoms with Gasteiger partial charge in [0.2, 0.25) is 25.1 Å². The number of alkyl halides is 3. The van der Waals surface area contributed by atoms with E-state index in [0.29, 0.717) is 0 Å². The maximum atomic E-state index is 16.3. The summed E-state index contributed by atoms with van der Waals surface area (Å²) in [4.78, 5) is 3.98. The fraction of sp³-hybridized carbons (Fsp3) is 0.545. The number of benzene rings is 1. The molecule has 0 bridgehead atoms. The Morgan fingerprint density at radius 3 is 2.27 bits per heavy atom. The Kier molecular flexibility index (Phi) is 7.09. The molecule has 0 radical (unpaired) electrons. The standard InChI is InChI=1S/C22H24F4N8O4S3/c1-12(2)41(37,38)34-9-7-33(8-10-34)18-15(23)14(40(35,36)31-21(27-3)5-6-21)11-13-16(30-32(4)17(13)18)19-28-29-20(39-19)22(24,25)26/h11-12,31H,5-10H2,1-2,4H3. The molecule has 222 valence electrons. The lowest BCUT2D eigenvalue weighted by Crippen LogP contribution is -2.50. The molecule has 12 nitrogen and oxygen atoms in total. The summed E-state index contributed by atoms with van der Waals surface area (Å²) in [7, 11) is -6.80. The van der Waals surface area contributed by atoms with Gasteiger partial charge in [0, 0.05) is 38.6 Å². The average Bonchev–Trinajstić information content (AvgIpc) is 3.31. The van der Waals surface area contributed by atoms with Gasteiger partial charge in [-0.05, 0) is 19.9 Å². The lowest BCUT2D eigenvalue weighted by atomic mass is 10.1. The fourth-order valence-electron chi connectivity index (χ4n) is 4.57. The number of sulfonamides is 2. The number of nitrogens with zero attached hydrogens (tertiary/aromatic N) is 7. The lowest BCUT2D eigenvalue weighted by Gasteiger charge is -2.36. The largest absolute Gasteiger partial charge is 0.445 e. The summed E-state index contributed by atoms with van der Waals surface area (Å²) in [5.74, 6) is -1.16. The summed E-state index contributed by atoms with van der Waals surface area (Å²) in [6.07, 6.45) is -4.30. The SMILES string of the molecule is [C-]#[N+]C1(NS(=O)(=O)c2cc3c(-c4nnc(C(F)(F)F)s4)nn(C)c3c(N3CCN(S(=O)(=O)C(C)C)CC3)c2F)CC1. The minimum Gasteiger partial charge on any atom is -0.365 e. The van der Waals surface area contributed by atoms with Crippen molar-refractivity contribution in [1.82, 2.24) is 29.0 Å². The summed E-state index contributed by atoms with van der Waals surface area (Å²) < 4.78 is 113. The number of hydrogen-bond acceptors (Lipinski definition) is 9. The third kappa shape index (κ3) is 5.16. The number of aryl methyl sites for hydroxylation is 1. The molecule has 1 aliphatic carbocycles. The quantitative estimate of drug-likeness (QED) is 0.309. The first-order valence-corrected chi connectivity index (χ1v) is 16.1. The third-order valence-electron chi connectivity index (χ3n) is 6.94. The fourth-order valence-corrected chi connectivity index (χ4v) is 8.02. The molecule has 1 saturated heterocycles. The maximum absolute atomic E-state index is 16.3. The van der Waals surface area contributed by atoms with E-state index >= 15 is 4.39 Å². The highest BCUT2D eigenvalue weighted by Crippen LogP contribution is 2.43. The van der Waals surface area contributed by atoms with Crippen LogP contribution in [0.25, 0.3) is 26.4 Å². The molecule has 0 spiro atoms. The van der Waals surface area contributed by atoms with E-state index in [9.17, 15) is 30.0 Å². The second-order valence-corrected chi connectivity index (χ2v) is 15.2. The first-order chi connectivity index (χ1) is 19.0. The van der Waals surface area contributed by atoms with E-state index in [0.717, 1.165) is 6.07 Å². The molecule has 1 aliphatic heterocycles. The van der Waals surface area contributed by atoms with Crippen LogP contribution in [-0.2, 0) is 33.3 Å². The molecule has 19 heteroatoms. The van der Waals surface area contributed by atoms with Crippen molar-refractivity contribution >= 4 is 48.0 Å². The first kappa shape index (κ1) is 29.6. The zero-order chi connectivity index (χ0) is 30.1. The Hall–Kier alpha value is -2.92. The van der Waals surface area contributed by atoms with E-state index in [1.54, 1.807) is 0 Å². The topological polar surface area (TPSA) is 135 Å². The molecule has 1 N–H and O–H groups in total. The van der Waals surface area contributed by atoms with Crippen LogP contribution in [0.2, 0.25) is 0 Å². The predicted octanol–water partition coefficient (Wildman–Crippen LogP) is 2.80. The molecular formula is C22H24F4N8O4S3. The zero-order valence-electron chi connectivity index (χ0n) is 21.9. The number of aromatic nitrogens is 4. The second-order valence-electron chi connectivity index (χ2n) is 10.0. The molecule has 3 heterocycles. The normalized spacial score (nSPS) is 18.3. The van der Waals surface area contributed by atoms with Gasteiger partial charge < -0.3 is 4.90 Å². The molecule has 41 heavy (non-hydrogen) atoms. The number of halogens is 4. The van der Waals surface area contributed by atoms with Gasteiger partial charge in [0.1, 0.15) is 16.3 Å². The molecular weight excluding hydrogens is 612 g/mol. The van der Waals surface area contributed by atoms with Gasteiger partial charge >= 0.3 is 6.18 Å². The van der Waals surface area contributed by atoms with E-state index in [-0.39, 0.29) is 77.6 Å². The van der Waals surface area contributed by atoms with Gasteiger partial charge in [-0.1, -0.05) is 11.3 Å². The molecule has 3 aromatic rings. The third-order valence-corrected chi connectivity index (χ3v) is 11.7. The molecule has 0 unspecified atom stereocenters. The Morgan fingerprint density at radius 2 is 1.76 bits per heavy atom. The van der Waals surface area contributed by atoms with Gasteiger partial charge in [-0.15, -0.1) is 14.9 Å². The van der Waals surface area contributed by atoms with Crippen molar-refractivity contribution in [2.45, 2.75) is 48.7 Å². The minimum absolute atomic E-state index is 0.000889. The Balaban J connectivity index is 1.67. The minimum atomic E-state index is -4.77. The van der Waals surface area contributed by atoms with Crippen LogP contribution in [0.4, 0.5) is 23.2 Å². The monoisotopic (exact) mass is 636 g/mol. The van der Waals surface area contributed by atoms with E-state index in [1.165, 1.54) is 34.8 Å². The zero-order valence-corrected chi connectivity index (χ0v) is 24.3. The van der Waals surface area contributed by atoms with Crippen LogP contribution in [0.3, 0.4) is 0 Å². The highest BCUT2D eigenvalue weighted by Gasteiger charge is 2.54. The Morgan fingerprint density at radius 1 is 1.12 bits per heavy atom. The maximum Gasteiger partial charge on any atom is 0.445 e. The number of nitrogens with one attached hydrogen (secondary N) is 1. The van der Waals surface area contributed by atoms with Crippen molar-refractivity contribution in [2.24, 2.45) is 7.05 Å². The molecule has 2 aromatic heterocycles. The number of piperazine rings is 1. The van der Waals surface area contributed by atoms with E-state index in [2.05, 4.69) is 24.9 Å². The van der Waals surface area contributed by atoms with E-state index in [4.69, 9.17) is 6.57 Å². The Labute approximate surface area is 236 Å².